The summed E-state index contributed by atoms with van der Waals surface area (Å²) in [4.78, 5) is 0. The third-order valence-corrected chi connectivity index (χ3v) is 0.498. The molecular weight excluding hydrogens is 110 g/mol. The van der Waals surface area contributed by atoms with Gasteiger partial charge in [0.15, 0.2) is 0 Å². The van der Waals surface area contributed by atoms with E-state index in [0.717, 1.165) is 11.6 Å². The van der Waals surface area contributed by atoms with E-state index in [1.807, 2.05) is 0 Å². The van der Waals surface area contributed by atoms with Crippen LogP contribution in [0.25, 0.3) is 0 Å². The van der Waals surface area contributed by atoms with Gasteiger partial charge in [0, 0.05) is 6.08 Å². The fourth-order valence-electron chi connectivity index (χ4n) is 0.230. The van der Waals surface area contributed by atoms with Crippen molar-refractivity contribution in [2.75, 3.05) is 0 Å². The number of halogens is 2. The van der Waals surface area contributed by atoms with Crippen LogP contribution < -0.4 is 0 Å². The second kappa shape index (κ2) is 3.39. The Bertz CT molecular complexity index is 114. The molecular formula is C6H8F2. The minimum Gasteiger partial charge on any atom is -0.205 e. The summed E-state index contributed by atoms with van der Waals surface area (Å²) in [6.45, 7) is 3.44. The molecule has 46 valence electrons. The Balaban J connectivity index is 3.82. The predicted molar refractivity (Wildman–Crippen MR) is 28.9 cm³/mol. The van der Waals surface area contributed by atoms with E-state index in [0.29, 0.717) is 0 Å². The van der Waals surface area contributed by atoms with Gasteiger partial charge in [0.2, 0.25) is 0 Å². The Kier molecular flexibility index (Phi) is 3.13. The Morgan fingerprint density at radius 1 is 1.50 bits per heavy atom. The molecule has 0 aliphatic heterocycles. The second-order valence-corrected chi connectivity index (χ2v) is 1.65. The van der Waals surface area contributed by atoms with E-state index in [9.17, 15) is 8.78 Å². The van der Waals surface area contributed by atoms with Crippen LogP contribution in [0.1, 0.15) is 13.8 Å². The fraction of sp³-hybridized carbons (Fsp3) is 0.500. The summed E-state index contributed by atoms with van der Waals surface area (Å²) < 4.78 is 22.5. The first-order chi connectivity index (χ1) is 3.63. The third-order valence-electron chi connectivity index (χ3n) is 0.498. The number of hydrogen-bond acceptors (Lipinski definition) is 0. The molecule has 0 aromatic carbocycles. The molecule has 0 amide bonds. The first kappa shape index (κ1) is 7.38. The summed E-state index contributed by atoms with van der Waals surface area (Å²) in [6, 6.07) is 0. The molecule has 0 heterocycles. The highest BCUT2D eigenvalue weighted by molar-refractivity contribution is 4.94. The van der Waals surface area contributed by atoms with Crippen molar-refractivity contribution >= 4 is 0 Å². The van der Waals surface area contributed by atoms with Crippen molar-refractivity contribution in [3.05, 3.63) is 17.4 Å². The maximum Gasteiger partial charge on any atom is 0.264 e. The van der Waals surface area contributed by atoms with Crippen LogP contribution in [0.4, 0.5) is 8.78 Å². The number of allylic oxidation sites excluding steroid dienone is 1. The van der Waals surface area contributed by atoms with Crippen molar-refractivity contribution in [2.24, 2.45) is 0 Å². The van der Waals surface area contributed by atoms with Crippen molar-refractivity contribution in [2.45, 2.75) is 20.3 Å². The Morgan fingerprint density at radius 2 is 2.00 bits per heavy atom. The lowest BCUT2D eigenvalue weighted by Crippen LogP contribution is -1.76. The standard InChI is InChI=1S/C6H8F2/c1-5(2)3-4-6(7)8/h4,6H,1-2H3. The van der Waals surface area contributed by atoms with Gasteiger partial charge in [-0.15, -0.1) is 5.73 Å². The molecule has 0 rings (SSSR count). The monoisotopic (exact) mass is 118 g/mol. The minimum atomic E-state index is -2.37. The zero-order chi connectivity index (χ0) is 6.57. The lowest BCUT2D eigenvalue weighted by Gasteiger charge is -1.79. The summed E-state index contributed by atoms with van der Waals surface area (Å²) in [5, 5.41) is 0. The van der Waals surface area contributed by atoms with E-state index in [1.54, 1.807) is 13.8 Å². The van der Waals surface area contributed by atoms with Crippen LogP contribution in [0.2, 0.25) is 0 Å². The lowest BCUT2D eigenvalue weighted by atomic mass is 10.4. The minimum absolute atomic E-state index is 0.745. The SMILES string of the molecule is CC(C)=C=CC(F)F. The largest absolute Gasteiger partial charge is 0.264 e. The molecule has 2 heteroatoms. The van der Waals surface area contributed by atoms with Gasteiger partial charge >= 0.3 is 0 Å². The molecule has 0 aromatic heterocycles. The normalized spacial score (nSPS) is 8.62. The van der Waals surface area contributed by atoms with Gasteiger partial charge in [0.05, 0.1) is 0 Å². The van der Waals surface area contributed by atoms with Gasteiger partial charge in [-0.1, -0.05) is 0 Å². The molecule has 0 bridgehead atoms. The molecule has 0 aliphatic rings. The molecule has 0 saturated carbocycles. The quantitative estimate of drug-likeness (QED) is 0.464. The average Bonchev–Trinajstić information content (AvgIpc) is 1.61. The maximum atomic E-state index is 11.3. The average molecular weight is 118 g/mol. The van der Waals surface area contributed by atoms with Crippen LogP contribution in [0.15, 0.2) is 17.4 Å². The fourth-order valence-corrected chi connectivity index (χ4v) is 0.230. The van der Waals surface area contributed by atoms with Crippen LogP contribution in [0.3, 0.4) is 0 Å². The zero-order valence-corrected chi connectivity index (χ0v) is 4.91. The van der Waals surface area contributed by atoms with Gasteiger partial charge in [0.25, 0.3) is 6.43 Å². The first-order valence-electron chi connectivity index (χ1n) is 2.31. The van der Waals surface area contributed by atoms with Gasteiger partial charge in [-0.3, -0.25) is 0 Å². The Hall–Kier alpha value is -0.620. The Morgan fingerprint density at radius 3 is 2.12 bits per heavy atom. The molecule has 0 atom stereocenters. The molecule has 0 aliphatic carbocycles. The van der Waals surface area contributed by atoms with Crippen LogP contribution in [0.5, 0.6) is 0 Å². The van der Waals surface area contributed by atoms with E-state index >= 15 is 0 Å². The number of alkyl halides is 2. The summed E-state index contributed by atoms with van der Waals surface area (Å²) in [5.74, 6) is 0. The summed E-state index contributed by atoms with van der Waals surface area (Å²) in [7, 11) is 0. The smallest absolute Gasteiger partial charge is 0.205 e. The van der Waals surface area contributed by atoms with E-state index in [4.69, 9.17) is 0 Å². The molecule has 0 fully saturated rings. The molecule has 0 aromatic rings. The van der Waals surface area contributed by atoms with Crippen molar-refractivity contribution in [1.82, 2.24) is 0 Å². The van der Waals surface area contributed by atoms with Crippen LogP contribution >= 0.6 is 0 Å². The first-order valence-corrected chi connectivity index (χ1v) is 2.31. The van der Waals surface area contributed by atoms with Crippen LogP contribution in [-0.2, 0) is 0 Å². The highest BCUT2D eigenvalue weighted by atomic mass is 19.3. The summed E-state index contributed by atoms with van der Waals surface area (Å²) >= 11 is 0. The number of hydrogen-bond donors (Lipinski definition) is 0. The van der Waals surface area contributed by atoms with Gasteiger partial charge < -0.3 is 0 Å². The third kappa shape index (κ3) is 5.38. The van der Waals surface area contributed by atoms with Gasteiger partial charge in [-0.25, -0.2) is 8.78 Å². The van der Waals surface area contributed by atoms with E-state index in [1.165, 1.54) is 0 Å². The molecule has 0 nitrogen and oxygen atoms in total. The van der Waals surface area contributed by atoms with Crippen LogP contribution in [0, 0.1) is 0 Å². The maximum absolute atomic E-state index is 11.3. The van der Waals surface area contributed by atoms with Gasteiger partial charge in [-0.05, 0) is 19.4 Å². The van der Waals surface area contributed by atoms with E-state index in [2.05, 4.69) is 5.73 Å². The van der Waals surface area contributed by atoms with Crippen molar-refractivity contribution in [1.29, 1.82) is 0 Å². The summed E-state index contributed by atoms with van der Waals surface area (Å²) in [6.07, 6.45) is -1.63. The highest BCUT2D eigenvalue weighted by Crippen LogP contribution is 1.93. The number of rotatable bonds is 1. The Labute approximate surface area is 47.5 Å². The van der Waals surface area contributed by atoms with Crippen molar-refractivity contribution in [3.63, 3.8) is 0 Å². The molecule has 0 unspecified atom stereocenters. The predicted octanol–water partition coefficient (Wildman–Crippen LogP) is 2.37. The van der Waals surface area contributed by atoms with Gasteiger partial charge in [-0.2, -0.15) is 0 Å². The van der Waals surface area contributed by atoms with Gasteiger partial charge in [0.1, 0.15) is 0 Å². The molecule has 8 heavy (non-hydrogen) atoms. The van der Waals surface area contributed by atoms with E-state index < -0.39 is 6.43 Å². The van der Waals surface area contributed by atoms with Crippen molar-refractivity contribution < 1.29 is 8.78 Å². The highest BCUT2D eigenvalue weighted by Gasteiger charge is 1.89. The van der Waals surface area contributed by atoms with Crippen LogP contribution in [-0.4, -0.2) is 6.43 Å². The molecule has 0 saturated heterocycles. The van der Waals surface area contributed by atoms with Crippen molar-refractivity contribution in [3.8, 4) is 0 Å². The summed E-state index contributed by atoms with van der Waals surface area (Å²) in [5.41, 5.74) is 3.16. The molecule has 0 N–H and O–H groups in total. The van der Waals surface area contributed by atoms with E-state index in [-0.39, 0.29) is 0 Å². The zero-order valence-electron chi connectivity index (χ0n) is 4.91. The second-order valence-electron chi connectivity index (χ2n) is 1.65. The topological polar surface area (TPSA) is 0 Å². The lowest BCUT2D eigenvalue weighted by molar-refractivity contribution is 0.204. The molecule has 0 spiro atoms. The molecule has 0 radical (unpaired) electrons.